The minimum Gasteiger partial charge on any atom is -0.490 e. The zero-order valence-corrected chi connectivity index (χ0v) is 19.3. The number of morpholine rings is 1. The van der Waals surface area contributed by atoms with Crippen LogP contribution >= 0.6 is 0 Å². The third-order valence-electron chi connectivity index (χ3n) is 7.62. The highest BCUT2D eigenvalue weighted by Gasteiger charge is 2.38. The summed E-state index contributed by atoms with van der Waals surface area (Å²) in [6, 6.07) is 8.21. The van der Waals surface area contributed by atoms with Crippen LogP contribution in [0.25, 0.3) is 0 Å². The summed E-state index contributed by atoms with van der Waals surface area (Å²) in [6.45, 7) is 4.14. The Morgan fingerprint density at radius 2 is 1.70 bits per heavy atom. The zero-order chi connectivity index (χ0) is 22.8. The van der Waals surface area contributed by atoms with Crippen LogP contribution in [-0.2, 0) is 9.53 Å². The summed E-state index contributed by atoms with van der Waals surface area (Å²) in [5.41, 5.74) is 0.808. The number of nitrogens with zero attached hydrogens (tertiary/aromatic N) is 3. The third-order valence-corrected chi connectivity index (χ3v) is 7.62. The predicted molar refractivity (Wildman–Crippen MR) is 122 cm³/mol. The van der Waals surface area contributed by atoms with Crippen molar-refractivity contribution in [2.75, 3.05) is 50.8 Å². The van der Waals surface area contributed by atoms with Gasteiger partial charge in [0.05, 0.1) is 12.6 Å². The number of alkyl halides is 2. The smallest absolute Gasteiger partial charge is 0.253 e. The lowest BCUT2D eigenvalue weighted by atomic mass is 9.86. The lowest BCUT2D eigenvalue weighted by Gasteiger charge is -2.44. The molecule has 1 aromatic rings. The highest BCUT2D eigenvalue weighted by atomic mass is 19.3. The van der Waals surface area contributed by atoms with Gasteiger partial charge >= 0.3 is 0 Å². The molecule has 3 heterocycles. The summed E-state index contributed by atoms with van der Waals surface area (Å²) in [7, 11) is 0. The molecule has 3 aliphatic heterocycles. The molecule has 0 spiro atoms. The maximum Gasteiger partial charge on any atom is 0.253 e. The molecule has 1 atom stereocenters. The van der Waals surface area contributed by atoms with Gasteiger partial charge in [-0.1, -0.05) is 6.42 Å². The van der Waals surface area contributed by atoms with Crippen molar-refractivity contribution in [3.05, 3.63) is 24.3 Å². The number of halogens is 2. The maximum absolute atomic E-state index is 13.5. The normalized spacial score (nSPS) is 31.3. The van der Waals surface area contributed by atoms with Crippen LogP contribution in [0.2, 0.25) is 0 Å². The second-order valence-corrected chi connectivity index (χ2v) is 10.0. The van der Waals surface area contributed by atoms with Crippen molar-refractivity contribution in [3.63, 3.8) is 0 Å². The van der Waals surface area contributed by atoms with Gasteiger partial charge in [-0.2, -0.15) is 0 Å². The van der Waals surface area contributed by atoms with Crippen LogP contribution in [0.4, 0.5) is 14.5 Å². The van der Waals surface area contributed by atoms with Crippen LogP contribution in [0, 0.1) is 0 Å². The van der Waals surface area contributed by atoms with Gasteiger partial charge in [-0.25, -0.2) is 8.78 Å². The molecule has 4 fully saturated rings. The van der Waals surface area contributed by atoms with Gasteiger partial charge in [0.25, 0.3) is 11.8 Å². The summed E-state index contributed by atoms with van der Waals surface area (Å²) in [6.07, 6.45) is 6.17. The van der Waals surface area contributed by atoms with Gasteiger partial charge in [-0.15, -0.1) is 0 Å². The Morgan fingerprint density at radius 1 is 1.00 bits per heavy atom. The van der Waals surface area contributed by atoms with Gasteiger partial charge in [0.15, 0.2) is 0 Å². The van der Waals surface area contributed by atoms with Crippen molar-refractivity contribution < 1.29 is 23.0 Å². The summed E-state index contributed by atoms with van der Waals surface area (Å²) in [5, 5.41) is 0. The van der Waals surface area contributed by atoms with Crippen molar-refractivity contribution >= 4 is 11.6 Å². The zero-order valence-electron chi connectivity index (χ0n) is 19.3. The Balaban J connectivity index is 1.16. The molecule has 1 unspecified atom stereocenters. The topological polar surface area (TPSA) is 45.3 Å². The molecule has 4 aliphatic rings. The van der Waals surface area contributed by atoms with Crippen LogP contribution in [0.1, 0.15) is 44.9 Å². The highest BCUT2D eigenvalue weighted by molar-refractivity contribution is 5.95. The quantitative estimate of drug-likeness (QED) is 0.646. The molecule has 8 heteroatoms. The van der Waals surface area contributed by atoms with Gasteiger partial charge in [0.1, 0.15) is 18.5 Å². The van der Waals surface area contributed by atoms with E-state index in [-0.39, 0.29) is 37.5 Å². The first kappa shape index (κ1) is 23.0. The molecule has 1 amide bonds. The number of amides is 1. The lowest BCUT2D eigenvalue weighted by molar-refractivity contribution is -0.128. The maximum atomic E-state index is 13.5. The molecular weight excluding hydrogens is 428 g/mol. The van der Waals surface area contributed by atoms with Crippen LogP contribution < -0.4 is 9.64 Å². The second-order valence-electron chi connectivity index (χ2n) is 10.0. The van der Waals surface area contributed by atoms with Crippen molar-refractivity contribution in [2.45, 2.75) is 69.1 Å². The van der Waals surface area contributed by atoms with E-state index in [1.807, 2.05) is 29.2 Å². The monoisotopic (exact) mass is 463 g/mol. The first-order chi connectivity index (χ1) is 16.0. The van der Waals surface area contributed by atoms with E-state index in [1.54, 1.807) is 4.90 Å². The minimum absolute atomic E-state index is 0.0484. The Bertz CT molecular complexity index is 800. The number of hydrogen-bond acceptors (Lipinski definition) is 5. The molecule has 1 saturated carbocycles. The molecule has 33 heavy (non-hydrogen) atoms. The van der Waals surface area contributed by atoms with Crippen molar-refractivity contribution in [3.8, 4) is 5.75 Å². The molecule has 3 saturated heterocycles. The Labute approximate surface area is 194 Å². The Kier molecular flexibility index (Phi) is 6.86. The number of hydrogen-bond donors (Lipinski definition) is 0. The largest absolute Gasteiger partial charge is 0.490 e. The number of piperidine rings is 2. The summed E-state index contributed by atoms with van der Waals surface area (Å²) >= 11 is 0. The van der Waals surface area contributed by atoms with E-state index in [4.69, 9.17) is 9.47 Å². The summed E-state index contributed by atoms with van der Waals surface area (Å²) in [4.78, 5) is 19.1. The number of carbonyl (C=O) groups excluding carboxylic acids is 1. The van der Waals surface area contributed by atoms with Crippen molar-refractivity contribution in [1.29, 1.82) is 0 Å². The van der Waals surface area contributed by atoms with Gasteiger partial charge in [0.2, 0.25) is 0 Å². The van der Waals surface area contributed by atoms with Crippen LogP contribution in [0.5, 0.6) is 5.75 Å². The number of rotatable bonds is 6. The summed E-state index contributed by atoms with van der Waals surface area (Å²) in [5.74, 6) is -1.83. The summed E-state index contributed by atoms with van der Waals surface area (Å²) < 4.78 is 38.7. The van der Waals surface area contributed by atoms with E-state index in [2.05, 4.69) is 4.90 Å². The van der Waals surface area contributed by atoms with Gasteiger partial charge < -0.3 is 24.2 Å². The first-order valence-electron chi connectivity index (χ1n) is 12.5. The number of benzene rings is 1. The molecular formula is C25H35F2N3O3. The fourth-order valence-electron chi connectivity index (χ4n) is 5.57. The molecule has 182 valence electrons. The van der Waals surface area contributed by atoms with E-state index in [0.29, 0.717) is 32.3 Å². The fourth-order valence-corrected chi connectivity index (χ4v) is 5.57. The SMILES string of the molecule is O=C1COCC(CN2CCC(F)(F)CC2)N1c1ccc(OC2CC(N3CCCCC3)C2)cc1. The van der Waals surface area contributed by atoms with Crippen LogP contribution in [-0.4, -0.2) is 85.8 Å². The lowest BCUT2D eigenvalue weighted by Crippen LogP contribution is -2.55. The fraction of sp³-hybridized carbons (Fsp3) is 0.720. The van der Waals surface area contributed by atoms with E-state index < -0.39 is 5.92 Å². The standard InChI is InChI=1S/C25H35F2N3O3/c26-25(27)8-12-28(13-9-25)16-21-17-32-18-24(31)30(21)19-4-6-22(7-5-19)33-23-14-20(15-23)29-10-2-1-3-11-29/h4-7,20-21,23H,1-3,8-18H2. The van der Waals surface area contributed by atoms with Crippen molar-refractivity contribution in [2.24, 2.45) is 0 Å². The van der Waals surface area contributed by atoms with Gasteiger partial charge in [-0.05, 0) is 50.2 Å². The third kappa shape index (κ3) is 5.49. The number of likely N-dealkylation sites (tertiary alicyclic amines) is 2. The van der Waals surface area contributed by atoms with Crippen LogP contribution in [0.15, 0.2) is 24.3 Å². The number of ether oxygens (including phenoxy) is 2. The van der Waals surface area contributed by atoms with Crippen LogP contribution in [0.3, 0.4) is 0 Å². The first-order valence-corrected chi connectivity index (χ1v) is 12.5. The van der Waals surface area contributed by atoms with E-state index in [1.165, 1.54) is 32.4 Å². The Morgan fingerprint density at radius 3 is 2.39 bits per heavy atom. The van der Waals surface area contributed by atoms with Gasteiger partial charge in [0, 0.05) is 57.0 Å². The molecule has 0 radical (unpaired) electrons. The molecule has 5 rings (SSSR count). The molecule has 1 aromatic carbocycles. The van der Waals surface area contributed by atoms with E-state index >= 15 is 0 Å². The van der Waals surface area contributed by atoms with E-state index in [9.17, 15) is 13.6 Å². The number of carbonyl (C=O) groups is 1. The molecule has 1 aliphatic carbocycles. The molecule has 0 bridgehead atoms. The number of anilines is 1. The average Bonchev–Trinajstić information content (AvgIpc) is 2.79. The second kappa shape index (κ2) is 9.84. The predicted octanol–water partition coefficient (Wildman–Crippen LogP) is 3.55. The molecule has 6 nitrogen and oxygen atoms in total. The minimum atomic E-state index is -2.57. The highest BCUT2D eigenvalue weighted by Crippen LogP contribution is 2.33. The van der Waals surface area contributed by atoms with Gasteiger partial charge in [-0.3, -0.25) is 4.79 Å². The molecule has 0 aromatic heterocycles. The average molecular weight is 464 g/mol. The Hall–Kier alpha value is -1.77. The molecule has 0 N–H and O–H groups in total. The van der Waals surface area contributed by atoms with E-state index in [0.717, 1.165) is 24.3 Å². The van der Waals surface area contributed by atoms with Crippen molar-refractivity contribution in [1.82, 2.24) is 9.80 Å².